The number of rotatable bonds is 6. The van der Waals surface area contributed by atoms with E-state index in [9.17, 15) is 22.8 Å². The van der Waals surface area contributed by atoms with E-state index in [2.05, 4.69) is 32.3 Å². The van der Waals surface area contributed by atoms with E-state index in [1.807, 2.05) is 18.2 Å². The van der Waals surface area contributed by atoms with E-state index in [1.165, 1.54) is 5.56 Å². The molecule has 2 aromatic rings. The van der Waals surface area contributed by atoms with Crippen LogP contribution >= 0.6 is 11.8 Å². The Morgan fingerprint density at radius 2 is 1.97 bits per heavy atom. The summed E-state index contributed by atoms with van der Waals surface area (Å²) in [5.41, 5.74) is -0.932. The number of amides is 1. The Kier molecular flexibility index (Phi) is 7.19. The van der Waals surface area contributed by atoms with E-state index < -0.39 is 22.7 Å². The number of nitrogens with one attached hydrogen (secondary N) is 2. The van der Waals surface area contributed by atoms with Crippen molar-refractivity contribution in [3.63, 3.8) is 0 Å². The molecule has 2 heterocycles. The Hall–Kier alpha value is -2.33. The van der Waals surface area contributed by atoms with Crippen molar-refractivity contribution in [1.82, 2.24) is 20.2 Å². The fraction of sp³-hybridized carbons (Fsp3) is 0.450. The minimum absolute atomic E-state index is 0.0149. The summed E-state index contributed by atoms with van der Waals surface area (Å²) in [6, 6.07) is 10.6. The van der Waals surface area contributed by atoms with Crippen LogP contribution in [0.25, 0.3) is 0 Å². The van der Waals surface area contributed by atoms with Gasteiger partial charge in [0.05, 0.1) is 5.25 Å². The fourth-order valence-corrected chi connectivity index (χ4v) is 4.07. The molecule has 1 aliphatic rings. The molecule has 3 rings (SSSR count). The Morgan fingerprint density at radius 3 is 2.60 bits per heavy atom. The topological polar surface area (TPSA) is 78.1 Å². The molecule has 0 saturated carbocycles. The first-order chi connectivity index (χ1) is 14.2. The van der Waals surface area contributed by atoms with Crippen molar-refractivity contribution in [2.75, 3.05) is 13.1 Å². The minimum Gasteiger partial charge on any atom is -0.352 e. The summed E-state index contributed by atoms with van der Waals surface area (Å²) in [5.74, 6) is -0.290. The number of piperidine rings is 1. The van der Waals surface area contributed by atoms with E-state index in [0.717, 1.165) is 44.2 Å². The second kappa shape index (κ2) is 9.65. The SMILES string of the molecule is CC(Sc1nc(C(F)(F)F)cc(=O)[nH]1)C(=O)NC1CCN(Cc2ccccc2)CC1. The number of thioether (sulfide) groups is 1. The second-order valence-corrected chi connectivity index (χ2v) is 8.57. The summed E-state index contributed by atoms with van der Waals surface area (Å²) >= 11 is 0.798. The van der Waals surface area contributed by atoms with Crippen molar-refractivity contribution < 1.29 is 18.0 Å². The number of carbonyl (C=O) groups excluding carboxylic acids is 1. The predicted octanol–water partition coefficient (Wildman–Crippen LogP) is 3.05. The first-order valence-corrected chi connectivity index (χ1v) is 10.5. The van der Waals surface area contributed by atoms with Crippen LogP contribution in [0.3, 0.4) is 0 Å². The summed E-state index contributed by atoms with van der Waals surface area (Å²) in [5, 5.41) is 2.03. The number of hydrogen-bond acceptors (Lipinski definition) is 5. The zero-order valence-corrected chi connectivity index (χ0v) is 17.2. The largest absolute Gasteiger partial charge is 0.433 e. The van der Waals surface area contributed by atoms with Crippen molar-refractivity contribution in [1.29, 1.82) is 0 Å². The maximum absolute atomic E-state index is 12.8. The van der Waals surface area contributed by atoms with Crippen molar-refractivity contribution in [2.45, 2.75) is 48.9 Å². The first kappa shape index (κ1) is 22.4. The van der Waals surface area contributed by atoms with Gasteiger partial charge in [-0.05, 0) is 25.3 Å². The van der Waals surface area contributed by atoms with Crippen LogP contribution in [0.15, 0.2) is 46.3 Å². The van der Waals surface area contributed by atoms with E-state index in [0.29, 0.717) is 6.07 Å². The van der Waals surface area contributed by atoms with E-state index in [4.69, 9.17) is 0 Å². The number of hydrogen-bond donors (Lipinski definition) is 2. The maximum atomic E-state index is 12.8. The summed E-state index contributed by atoms with van der Waals surface area (Å²) in [4.78, 5) is 31.9. The molecule has 0 radical (unpaired) electrons. The van der Waals surface area contributed by atoms with Gasteiger partial charge in [-0.3, -0.25) is 14.5 Å². The molecule has 1 saturated heterocycles. The third kappa shape index (κ3) is 6.33. The molecule has 2 N–H and O–H groups in total. The molecular formula is C20H23F3N4O2S. The lowest BCUT2D eigenvalue weighted by Crippen LogP contribution is -2.46. The van der Waals surface area contributed by atoms with Crippen molar-refractivity contribution in [3.8, 4) is 0 Å². The lowest BCUT2D eigenvalue weighted by Gasteiger charge is -2.32. The summed E-state index contributed by atoms with van der Waals surface area (Å²) in [6.07, 6.45) is -3.12. The molecule has 1 unspecified atom stereocenters. The Morgan fingerprint density at radius 1 is 1.30 bits per heavy atom. The van der Waals surface area contributed by atoms with Crippen molar-refractivity contribution >= 4 is 17.7 Å². The van der Waals surface area contributed by atoms with Gasteiger partial charge in [0.1, 0.15) is 0 Å². The molecule has 162 valence electrons. The van der Waals surface area contributed by atoms with Crippen LogP contribution < -0.4 is 10.9 Å². The smallest absolute Gasteiger partial charge is 0.352 e. The molecular weight excluding hydrogens is 417 g/mol. The highest BCUT2D eigenvalue weighted by molar-refractivity contribution is 8.00. The number of nitrogens with zero attached hydrogens (tertiary/aromatic N) is 2. The Labute approximate surface area is 176 Å². The van der Waals surface area contributed by atoms with Crippen LogP contribution in [0.1, 0.15) is 31.0 Å². The summed E-state index contributed by atoms with van der Waals surface area (Å²) in [6.45, 7) is 4.14. The predicted molar refractivity (Wildman–Crippen MR) is 108 cm³/mol. The van der Waals surface area contributed by atoms with Crippen molar-refractivity contribution in [2.24, 2.45) is 0 Å². The maximum Gasteiger partial charge on any atom is 0.433 e. The molecule has 1 fully saturated rings. The number of halogens is 3. The third-order valence-corrected chi connectivity index (χ3v) is 5.84. The number of aromatic nitrogens is 2. The highest BCUT2D eigenvalue weighted by Crippen LogP contribution is 2.28. The molecule has 0 bridgehead atoms. The molecule has 1 aromatic heterocycles. The molecule has 1 atom stereocenters. The van der Waals surface area contributed by atoms with E-state index in [-0.39, 0.29) is 17.1 Å². The number of benzene rings is 1. The van der Waals surface area contributed by atoms with Crippen LogP contribution in [0.4, 0.5) is 13.2 Å². The van der Waals surface area contributed by atoms with Gasteiger partial charge < -0.3 is 10.3 Å². The van der Waals surface area contributed by atoms with Gasteiger partial charge in [-0.1, -0.05) is 42.1 Å². The molecule has 1 aliphatic heterocycles. The Balaban J connectivity index is 1.49. The average molecular weight is 440 g/mol. The standard InChI is InChI=1S/C20H23F3N4O2S/c1-13(30-19-25-16(20(21,22)23)11-17(28)26-19)18(29)24-15-7-9-27(10-8-15)12-14-5-3-2-4-6-14/h2-6,11,13,15H,7-10,12H2,1H3,(H,24,29)(H,25,26,28). The van der Waals surface area contributed by atoms with Gasteiger partial charge in [0.15, 0.2) is 10.9 Å². The monoisotopic (exact) mass is 440 g/mol. The first-order valence-electron chi connectivity index (χ1n) is 9.62. The molecule has 10 heteroatoms. The van der Waals surface area contributed by atoms with Crippen LogP contribution in [0, 0.1) is 0 Å². The zero-order valence-electron chi connectivity index (χ0n) is 16.4. The van der Waals surface area contributed by atoms with Crippen LogP contribution in [-0.2, 0) is 17.5 Å². The molecule has 30 heavy (non-hydrogen) atoms. The second-order valence-electron chi connectivity index (χ2n) is 7.24. The van der Waals surface area contributed by atoms with Crippen LogP contribution in [0.2, 0.25) is 0 Å². The van der Waals surface area contributed by atoms with Gasteiger partial charge in [0.2, 0.25) is 5.91 Å². The molecule has 1 amide bonds. The lowest BCUT2D eigenvalue weighted by molar-refractivity contribution is -0.141. The normalized spacial score (nSPS) is 16.9. The fourth-order valence-electron chi connectivity index (χ4n) is 3.25. The average Bonchev–Trinajstić information content (AvgIpc) is 2.69. The summed E-state index contributed by atoms with van der Waals surface area (Å²) in [7, 11) is 0. The number of carbonyl (C=O) groups is 1. The zero-order chi connectivity index (χ0) is 21.7. The lowest BCUT2D eigenvalue weighted by atomic mass is 10.0. The van der Waals surface area contributed by atoms with Gasteiger partial charge in [-0.25, -0.2) is 4.98 Å². The van der Waals surface area contributed by atoms with Gasteiger partial charge in [0, 0.05) is 31.7 Å². The van der Waals surface area contributed by atoms with Gasteiger partial charge in [-0.2, -0.15) is 13.2 Å². The van der Waals surface area contributed by atoms with Gasteiger partial charge >= 0.3 is 6.18 Å². The van der Waals surface area contributed by atoms with Crippen LogP contribution in [-0.4, -0.2) is 45.2 Å². The minimum atomic E-state index is -4.72. The highest BCUT2D eigenvalue weighted by Gasteiger charge is 2.34. The van der Waals surface area contributed by atoms with E-state index in [1.54, 1.807) is 6.92 Å². The number of aromatic amines is 1. The van der Waals surface area contributed by atoms with Gasteiger partial charge in [-0.15, -0.1) is 0 Å². The quantitative estimate of drug-likeness (QED) is 0.533. The number of likely N-dealkylation sites (tertiary alicyclic amines) is 1. The Bertz CT molecular complexity index is 912. The number of alkyl halides is 3. The van der Waals surface area contributed by atoms with E-state index >= 15 is 0 Å². The molecule has 0 aliphatic carbocycles. The third-order valence-electron chi connectivity index (χ3n) is 4.85. The molecule has 6 nitrogen and oxygen atoms in total. The van der Waals surface area contributed by atoms with Gasteiger partial charge in [0.25, 0.3) is 5.56 Å². The van der Waals surface area contributed by atoms with Crippen LogP contribution in [0.5, 0.6) is 0 Å². The number of H-pyrrole nitrogens is 1. The van der Waals surface area contributed by atoms with Crippen molar-refractivity contribution in [3.05, 3.63) is 58.0 Å². The molecule has 1 aromatic carbocycles. The molecule has 0 spiro atoms. The summed E-state index contributed by atoms with van der Waals surface area (Å²) < 4.78 is 38.4. The highest BCUT2D eigenvalue weighted by atomic mass is 32.2.